The van der Waals surface area contributed by atoms with Crippen molar-refractivity contribution in [3.8, 4) is 0 Å². The molecule has 1 aliphatic heterocycles. The van der Waals surface area contributed by atoms with Crippen molar-refractivity contribution in [2.45, 2.75) is 19.4 Å². The summed E-state index contributed by atoms with van der Waals surface area (Å²) >= 11 is 8.44. The maximum atomic E-state index is 13.8. The molecular formula is C18H17BrFN3OS. The fraction of sp³-hybridized carbons (Fsp3) is 0.222. The average molecular weight is 422 g/mol. The molecule has 7 heteroatoms. The summed E-state index contributed by atoms with van der Waals surface area (Å²) in [5, 5.41) is 6.24. The van der Waals surface area contributed by atoms with E-state index in [1.54, 1.807) is 17.0 Å². The number of rotatable bonds is 4. The van der Waals surface area contributed by atoms with Crippen molar-refractivity contribution >= 4 is 50.5 Å². The molecule has 0 aromatic heterocycles. The van der Waals surface area contributed by atoms with Crippen LogP contribution in [0.3, 0.4) is 0 Å². The number of hydrogen-bond acceptors (Lipinski definition) is 2. The molecule has 0 spiro atoms. The molecule has 3 rings (SSSR count). The summed E-state index contributed by atoms with van der Waals surface area (Å²) in [6.07, 6.45) is 1.50. The SMILES string of the molecule is O=C1CCCN1c1cccc(CNC(=S)Nc2ccc(Br)cc2F)c1. The van der Waals surface area contributed by atoms with Gasteiger partial charge in [0.25, 0.3) is 0 Å². The number of carbonyl (C=O) groups is 1. The summed E-state index contributed by atoms with van der Waals surface area (Å²) in [7, 11) is 0. The van der Waals surface area contributed by atoms with E-state index in [1.807, 2.05) is 24.3 Å². The number of amides is 1. The van der Waals surface area contributed by atoms with Gasteiger partial charge in [-0.05, 0) is 54.5 Å². The van der Waals surface area contributed by atoms with Gasteiger partial charge in [-0.2, -0.15) is 0 Å². The van der Waals surface area contributed by atoms with Gasteiger partial charge in [0, 0.05) is 29.7 Å². The van der Waals surface area contributed by atoms with Crippen LogP contribution in [0.1, 0.15) is 18.4 Å². The van der Waals surface area contributed by atoms with Gasteiger partial charge in [0.15, 0.2) is 5.11 Å². The highest BCUT2D eigenvalue weighted by molar-refractivity contribution is 9.10. The summed E-state index contributed by atoms with van der Waals surface area (Å²) in [6.45, 7) is 1.25. The van der Waals surface area contributed by atoms with Gasteiger partial charge in [0.2, 0.25) is 5.91 Å². The molecular weight excluding hydrogens is 405 g/mol. The lowest BCUT2D eigenvalue weighted by Gasteiger charge is -2.17. The Morgan fingerprint density at radius 3 is 2.84 bits per heavy atom. The van der Waals surface area contributed by atoms with E-state index in [9.17, 15) is 9.18 Å². The van der Waals surface area contributed by atoms with Crippen LogP contribution in [0.2, 0.25) is 0 Å². The molecule has 0 saturated carbocycles. The standard InChI is InChI=1S/C18H17BrFN3OS/c19-13-6-7-16(15(20)10-13)22-18(25)21-11-12-3-1-4-14(9-12)23-8-2-5-17(23)24/h1,3-4,6-7,9-10H,2,5,8,11H2,(H2,21,22,25). The predicted molar refractivity (Wildman–Crippen MR) is 105 cm³/mol. The molecule has 25 heavy (non-hydrogen) atoms. The number of benzene rings is 2. The Labute approximate surface area is 159 Å². The molecule has 2 aromatic rings. The number of halogens is 2. The summed E-state index contributed by atoms with van der Waals surface area (Å²) in [6, 6.07) is 12.5. The zero-order valence-electron chi connectivity index (χ0n) is 13.4. The van der Waals surface area contributed by atoms with Gasteiger partial charge in [-0.15, -0.1) is 0 Å². The number of nitrogens with one attached hydrogen (secondary N) is 2. The zero-order chi connectivity index (χ0) is 17.8. The quantitative estimate of drug-likeness (QED) is 0.725. The van der Waals surface area contributed by atoms with Crippen molar-refractivity contribution < 1.29 is 9.18 Å². The Balaban J connectivity index is 1.59. The van der Waals surface area contributed by atoms with Crippen LogP contribution < -0.4 is 15.5 Å². The third kappa shape index (κ3) is 4.55. The summed E-state index contributed by atoms with van der Waals surface area (Å²) in [5.74, 6) is -0.221. The van der Waals surface area contributed by atoms with E-state index < -0.39 is 0 Å². The number of nitrogens with zero attached hydrogens (tertiary/aromatic N) is 1. The van der Waals surface area contributed by atoms with Crippen LogP contribution in [0.4, 0.5) is 15.8 Å². The van der Waals surface area contributed by atoms with Crippen molar-refractivity contribution in [3.63, 3.8) is 0 Å². The van der Waals surface area contributed by atoms with E-state index in [-0.39, 0.29) is 11.7 Å². The van der Waals surface area contributed by atoms with Crippen molar-refractivity contribution in [2.24, 2.45) is 0 Å². The number of hydrogen-bond donors (Lipinski definition) is 2. The van der Waals surface area contributed by atoms with Gasteiger partial charge in [-0.25, -0.2) is 4.39 Å². The molecule has 4 nitrogen and oxygen atoms in total. The molecule has 130 valence electrons. The van der Waals surface area contributed by atoms with E-state index in [4.69, 9.17) is 12.2 Å². The van der Waals surface area contributed by atoms with Gasteiger partial charge in [0.05, 0.1) is 5.69 Å². The van der Waals surface area contributed by atoms with Crippen LogP contribution in [-0.4, -0.2) is 17.6 Å². The monoisotopic (exact) mass is 421 g/mol. The minimum absolute atomic E-state index is 0.160. The average Bonchev–Trinajstić information content (AvgIpc) is 3.02. The molecule has 0 bridgehead atoms. The van der Waals surface area contributed by atoms with Crippen molar-refractivity contribution in [1.82, 2.24) is 5.32 Å². The summed E-state index contributed by atoms with van der Waals surface area (Å²) < 4.78 is 14.5. The maximum Gasteiger partial charge on any atom is 0.227 e. The molecule has 1 saturated heterocycles. The lowest BCUT2D eigenvalue weighted by atomic mass is 10.2. The first-order valence-electron chi connectivity index (χ1n) is 7.92. The van der Waals surface area contributed by atoms with Gasteiger partial charge in [0.1, 0.15) is 5.82 Å². The van der Waals surface area contributed by atoms with Crippen molar-refractivity contribution in [2.75, 3.05) is 16.8 Å². The first-order chi connectivity index (χ1) is 12.0. The van der Waals surface area contributed by atoms with Crippen LogP contribution in [0, 0.1) is 5.82 Å². The maximum absolute atomic E-state index is 13.8. The lowest BCUT2D eigenvalue weighted by molar-refractivity contribution is -0.117. The second kappa shape index (κ2) is 7.93. The normalized spacial score (nSPS) is 13.8. The third-order valence-electron chi connectivity index (χ3n) is 3.93. The van der Waals surface area contributed by atoms with Crippen LogP contribution in [-0.2, 0) is 11.3 Å². The highest BCUT2D eigenvalue weighted by Crippen LogP contribution is 2.22. The van der Waals surface area contributed by atoms with E-state index in [2.05, 4.69) is 26.6 Å². The minimum atomic E-state index is -0.381. The molecule has 1 heterocycles. The molecule has 0 atom stereocenters. The Hall–Kier alpha value is -1.99. The molecule has 2 aromatic carbocycles. The highest BCUT2D eigenvalue weighted by atomic mass is 79.9. The van der Waals surface area contributed by atoms with Crippen molar-refractivity contribution in [3.05, 3.63) is 58.3 Å². The fourth-order valence-electron chi connectivity index (χ4n) is 2.70. The number of anilines is 2. The van der Waals surface area contributed by atoms with Crippen LogP contribution >= 0.6 is 28.1 Å². The molecule has 0 unspecified atom stereocenters. The second-order valence-electron chi connectivity index (χ2n) is 5.75. The first kappa shape index (κ1) is 17.8. The molecule has 0 aliphatic carbocycles. The van der Waals surface area contributed by atoms with Gasteiger partial charge in [-0.1, -0.05) is 28.1 Å². The topological polar surface area (TPSA) is 44.4 Å². The third-order valence-corrected chi connectivity index (χ3v) is 4.67. The van der Waals surface area contributed by atoms with E-state index >= 15 is 0 Å². The van der Waals surface area contributed by atoms with Gasteiger partial charge >= 0.3 is 0 Å². The van der Waals surface area contributed by atoms with Crippen LogP contribution in [0.5, 0.6) is 0 Å². The lowest BCUT2D eigenvalue weighted by Crippen LogP contribution is -2.28. The minimum Gasteiger partial charge on any atom is -0.358 e. The Morgan fingerprint density at radius 2 is 2.12 bits per heavy atom. The largest absolute Gasteiger partial charge is 0.358 e. The Kier molecular flexibility index (Phi) is 5.65. The van der Waals surface area contributed by atoms with Gasteiger partial charge in [-0.3, -0.25) is 4.79 Å². The number of thiocarbonyl (C=S) groups is 1. The van der Waals surface area contributed by atoms with Gasteiger partial charge < -0.3 is 15.5 Å². The molecule has 1 amide bonds. The number of carbonyl (C=O) groups excluding carboxylic acids is 1. The summed E-state index contributed by atoms with van der Waals surface area (Å²) in [5.41, 5.74) is 2.22. The van der Waals surface area contributed by atoms with E-state index in [1.165, 1.54) is 6.07 Å². The molecule has 1 aliphatic rings. The fourth-order valence-corrected chi connectivity index (χ4v) is 3.21. The van der Waals surface area contributed by atoms with Crippen LogP contribution in [0.25, 0.3) is 0 Å². The Morgan fingerprint density at radius 1 is 1.28 bits per heavy atom. The Bertz CT molecular complexity index is 815. The van der Waals surface area contributed by atoms with Crippen LogP contribution in [0.15, 0.2) is 46.9 Å². The van der Waals surface area contributed by atoms with E-state index in [0.717, 1.165) is 24.2 Å². The van der Waals surface area contributed by atoms with E-state index in [0.29, 0.717) is 28.2 Å². The smallest absolute Gasteiger partial charge is 0.227 e. The first-order valence-corrected chi connectivity index (χ1v) is 9.12. The molecule has 2 N–H and O–H groups in total. The second-order valence-corrected chi connectivity index (χ2v) is 7.07. The zero-order valence-corrected chi connectivity index (χ0v) is 15.8. The highest BCUT2D eigenvalue weighted by Gasteiger charge is 2.21. The van der Waals surface area contributed by atoms with Crippen molar-refractivity contribution in [1.29, 1.82) is 0 Å². The summed E-state index contributed by atoms with van der Waals surface area (Å²) in [4.78, 5) is 13.7. The molecule has 1 fully saturated rings. The molecule has 0 radical (unpaired) electrons. The predicted octanol–water partition coefficient (Wildman–Crippen LogP) is 4.20.